The number of hydrogen-bond acceptors (Lipinski definition) is 5. The van der Waals surface area contributed by atoms with Gasteiger partial charge in [0, 0.05) is 19.6 Å². The van der Waals surface area contributed by atoms with Crippen LogP contribution in [0.25, 0.3) is 0 Å². The van der Waals surface area contributed by atoms with E-state index in [1.54, 1.807) is 9.80 Å². The van der Waals surface area contributed by atoms with Crippen LogP contribution in [0.4, 0.5) is 4.79 Å². The van der Waals surface area contributed by atoms with E-state index in [9.17, 15) is 14.4 Å². The average Bonchev–Trinajstić information content (AvgIpc) is 3.51. The van der Waals surface area contributed by atoms with Gasteiger partial charge in [0.15, 0.2) is 0 Å². The van der Waals surface area contributed by atoms with Crippen LogP contribution in [0.1, 0.15) is 65.9 Å². The summed E-state index contributed by atoms with van der Waals surface area (Å²) in [6.07, 6.45) is 2.28. The van der Waals surface area contributed by atoms with Crippen molar-refractivity contribution in [1.82, 2.24) is 14.7 Å². The van der Waals surface area contributed by atoms with Gasteiger partial charge in [0.1, 0.15) is 17.2 Å². The van der Waals surface area contributed by atoms with Gasteiger partial charge in [-0.25, -0.2) is 4.79 Å². The molecule has 0 radical (unpaired) electrons. The first-order chi connectivity index (χ1) is 16.6. The summed E-state index contributed by atoms with van der Waals surface area (Å²) in [6, 6.07) is 8.76. The summed E-state index contributed by atoms with van der Waals surface area (Å²) in [5.41, 5.74) is -0.589. The molecule has 4 unspecified atom stereocenters. The number of carbonyl (C=O) groups excluding carboxylic acids is 3. The van der Waals surface area contributed by atoms with Gasteiger partial charge in [0.25, 0.3) is 5.91 Å². The molecule has 0 aromatic heterocycles. The molecule has 4 rings (SSSR count). The SMILES string of the molecule is CC(OCc1ccccc1)C(C(=O)N1CCCC1)N1C(=O)C2(CCCN2C(=O)OC(C)(C)C)C1C. The van der Waals surface area contributed by atoms with Gasteiger partial charge in [0.05, 0.1) is 18.8 Å². The fourth-order valence-corrected chi connectivity index (χ4v) is 5.74. The molecule has 1 aromatic carbocycles. The topological polar surface area (TPSA) is 79.4 Å². The lowest BCUT2D eigenvalue weighted by atomic mass is 9.75. The number of nitrogens with zero attached hydrogens (tertiary/aromatic N) is 3. The first-order valence-corrected chi connectivity index (χ1v) is 12.8. The summed E-state index contributed by atoms with van der Waals surface area (Å²) in [7, 11) is 0. The Kier molecular flexibility index (Phi) is 7.13. The van der Waals surface area contributed by atoms with Crippen molar-refractivity contribution < 1.29 is 23.9 Å². The molecule has 3 heterocycles. The highest BCUT2D eigenvalue weighted by Gasteiger charge is 2.68. The Hall–Kier alpha value is -2.61. The predicted molar refractivity (Wildman–Crippen MR) is 132 cm³/mol. The Bertz CT molecular complexity index is 940. The van der Waals surface area contributed by atoms with Gasteiger partial charge in [-0.1, -0.05) is 30.3 Å². The van der Waals surface area contributed by atoms with Gasteiger partial charge >= 0.3 is 6.09 Å². The van der Waals surface area contributed by atoms with Crippen molar-refractivity contribution in [2.45, 2.75) is 96.2 Å². The number of β-lactam (4-membered cyclic amide) rings is 1. The van der Waals surface area contributed by atoms with E-state index in [4.69, 9.17) is 9.47 Å². The Balaban J connectivity index is 1.56. The van der Waals surface area contributed by atoms with Gasteiger partial charge < -0.3 is 19.3 Å². The first-order valence-electron chi connectivity index (χ1n) is 12.8. The molecule has 0 bridgehead atoms. The predicted octanol–water partition coefficient (Wildman–Crippen LogP) is 3.58. The van der Waals surface area contributed by atoms with Gasteiger partial charge in [0.2, 0.25) is 5.91 Å². The minimum absolute atomic E-state index is 0.0695. The highest BCUT2D eigenvalue weighted by molar-refractivity contribution is 6.01. The molecule has 3 amide bonds. The Morgan fingerprint density at radius 1 is 1.09 bits per heavy atom. The zero-order valence-electron chi connectivity index (χ0n) is 21.7. The van der Waals surface area contributed by atoms with E-state index in [0.29, 0.717) is 32.7 Å². The third kappa shape index (κ3) is 4.77. The minimum atomic E-state index is -0.953. The molecule has 8 heteroatoms. The second-order valence-corrected chi connectivity index (χ2v) is 11.0. The van der Waals surface area contributed by atoms with E-state index in [1.807, 2.05) is 69.9 Å². The molecular formula is C27H39N3O5. The number of amides is 3. The standard InChI is InChI=1S/C27H39N3O5/c1-19(34-18-21-12-7-6-8-13-21)22(23(31)28-15-9-10-16-28)30-20(2)27(24(30)32)14-11-17-29(27)25(33)35-26(3,4)5/h6-8,12-13,19-20,22H,9-11,14-18H2,1-5H3. The Labute approximate surface area is 208 Å². The first kappa shape index (κ1) is 25.5. The van der Waals surface area contributed by atoms with E-state index in [0.717, 1.165) is 24.8 Å². The fourth-order valence-electron chi connectivity index (χ4n) is 5.74. The third-order valence-electron chi connectivity index (χ3n) is 7.52. The van der Waals surface area contributed by atoms with Crippen LogP contribution in [-0.2, 0) is 25.7 Å². The van der Waals surface area contributed by atoms with Crippen molar-refractivity contribution in [1.29, 1.82) is 0 Å². The summed E-state index contributed by atoms with van der Waals surface area (Å²) in [6.45, 7) is 11.5. The maximum atomic E-state index is 13.9. The van der Waals surface area contributed by atoms with Crippen LogP contribution >= 0.6 is 0 Å². The van der Waals surface area contributed by atoms with Crippen molar-refractivity contribution in [3.63, 3.8) is 0 Å². The van der Waals surface area contributed by atoms with Gasteiger partial charge in [-0.3, -0.25) is 14.5 Å². The molecule has 0 N–H and O–H groups in total. The molecule has 3 saturated heterocycles. The number of ether oxygens (including phenoxy) is 2. The Morgan fingerprint density at radius 3 is 2.34 bits per heavy atom. The van der Waals surface area contributed by atoms with E-state index < -0.39 is 29.4 Å². The normalized spacial score (nSPS) is 26.1. The zero-order valence-corrected chi connectivity index (χ0v) is 21.7. The summed E-state index contributed by atoms with van der Waals surface area (Å²) < 4.78 is 11.8. The smallest absolute Gasteiger partial charge is 0.411 e. The Morgan fingerprint density at radius 2 is 1.74 bits per heavy atom. The van der Waals surface area contributed by atoms with Gasteiger partial charge in [-0.05, 0) is 65.9 Å². The molecule has 3 aliphatic rings. The summed E-state index contributed by atoms with van der Waals surface area (Å²) in [5, 5.41) is 0. The second kappa shape index (κ2) is 9.80. The molecule has 1 spiro atoms. The molecule has 192 valence electrons. The van der Waals surface area contributed by atoms with Gasteiger partial charge in [-0.2, -0.15) is 0 Å². The lowest BCUT2D eigenvalue weighted by Gasteiger charge is -2.59. The van der Waals surface area contributed by atoms with E-state index in [2.05, 4.69) is 0 Å². The maximum Gasteiger partial charge on any atom is 0.411 e. The third-order valence-corrected chi connectivity index (χ3v) is 7.52. The summed E-state index contributed by atoms with van der Waals surface area (Å²) >= 11 is 0. The van der Waals surface area contributed by atoms with Crippen LogP contribution in [0, 0.1) is 0 Å². The molecule has 0 aliphatic carbocycles. The van der Waals surface area contributed by atoms with Crippen LogP contribution in [-0.4, -0.2) is 81.6 Å². The highest BCUT2D eigenvalue weighted by atomic mass is 16.6. The quantitative estimate of drug-likeness (QED) is 0.576. The largest absolute Gasteiger partial charge is 0.444 e. The molecule has 4 atom stereocenters. The summed E-state index contributed by atoms with van der Waals surface area (Å²) in [5.74, 6) is -0.249. The molecule has 0 saturated carbocycles. The molecule has 35 heavy (non-hydrogen) atoms. The lowest BCUT2D eigenvalue weighted by molar-refractivity contribution is -0.187. The zero-order chi connectivity index (χ0) is 25.4. The van der Waals surface area contributed by atoms with Gasteiger partial charge in [-0.15, -0.1) is 0 Å². The van der Waals surface area contributed by atoms with Crippen molar-refractivity contribution in [3.05, 3.63) is 35.9 Å². The van der Waals surface area contributed by atoms with Crippen LogP contribution < -0.4 is 0 Å². The van der Waals surface area contributed by atoms with Crippen LogP contribution in [0.3, 0.4) is 0 Å². The number of hydrogen-bond donors (Lipinski definition) is 0. The average molecular weight is 486 g/mol. The van der Waals surface area contributed by atoms with Crippen LogP contribution in [0.5, 0.6) is 0 Å². The van der Waals surface area contributed by atoms with E-state index >= 15 is 0 Å². The second-order valence-electron chi connectivity index (χ2n) is 11.0. The van der Waals surface area contributed by atoms with Crippen LogP contribution in [0.15, 0.2) is 30.3 Å². The molecule has 3 fully saturated rings. The number of benzene rings is 1. The maximum absolute atomic E-state index is 13.9. The highest BCUT2D eigenvalue weighted by Crippen LogP contribution is 2.46. The molecule has 1 aromatic rings. The van der Waals surface area contributed by atoms with Crippen molar-refractivity contribution in [3.8, 4) is 0 Å². The number of carbonyl (C=O) groups is 3. The number of rotatable bonds is 6. The van der Waals surface area contributed by atoms with E-state index in [-0.39, 0.29) is 17.9 Å². The monoisotopic (exact) mass is 485 g/mol. The fraction of sp³-hybridized carbons (Fsp3) is 0.667. The van der Waals surface area contributed by atoms with Crippen molar-refractivity contribution >= 4 is 17.9 Å². The molecule has 3 aliphatic heterocycles. The molecule has 8 nitrogen and oxygen atoms in total. The molecular weight excluding hydrogens is 446 g/mol. The minimum Gasteiger partial charge on any atom is -0.444 e. The summed E-state index contributed by atoms with van der Waals surface area (Å²) in [4.78, 5) is 45.7. The van der Waals surface area contributed by atoms with Crippen molar-refractivity contribution in [2.75, 3.05) is 19.6 Å². The number of likely N-dealkylation sites (tertiary alicyclic amines) is 3. The lowest BCUT2D eigenvalue weighted by Crippen LogP contribution is -2.81. The van der Waals surface area contributed by atoms with Crippen molar-refractivity contribution in [2.24, 2.45) is 0 Å². The van der Waals surface area contributed by atoms with E-state index in [1.165, 1.54) is 0 Å². The van der Waals surface area contributed by atoms with Crippen LogP contribution in [0.2, 0.25) is 0 Å².